The monoisotopic (exact) mass is 282 g/mol. The molecule has 5 heteroatoms. The Labute approximate surface area is 120 Å². The van der Waals surface area contributed by atoms with Crippen LogP contribution in [0.25, 0.3) is 0 Å². The molecule has 0 spiro atoms. The van der Waals surface area contributed by atoms with Crippen molar-refractivity contribution in [3.05, 3.63) is 0 Å². The van der Waals surface area contributed by atoms with Gasteiger partial charge in [0.1, 0.15) is 0 Å². The number of hydrogen-bond acceptors (Lipinski definition) is 4. The first-order valence-corrected chi connectivity index (χ1v) is 7.92. The molecule has 1 saturated heterocycles. The molecule has 114 valence electrons. The van der Waals surface area contributed by atoms with Crippen molar-refractivity contribution < 1.29 is 14.6 Å². The van der Waals surface area contributed by atoms with Crippen LogP contribution in [0.15, 0.2) is 0 Å². The van der Waals surface area contributed by atoms with Crippen LogP contribution >= 0.6 is 0 Å². The van der Waals surface area contributed by atoms with Gasteiger partial charge in [-0.25, -0.2) is 0 Å². The lowest BCUT2D eigenvalue weighted by Gasteiger charge is -2.36. The first-order chi connectivity index (χ1) is 9.66. The molecule has 3 aliphatic rings. The van der Waals surface area contributed by atoms with Gasteiger partial charge in [-0.15, -0.1) is 0 Å². The van der Waals surface area contributed by atoms with Gasteiger partial charge in [0.2, 0.25) is 5.91 Å². The molecule has 3 atom stereocenters. The molecule has 0 radical (unpaired) electrons. The zero-order valence-electron chi connectivity index (χ0n) is 12.3. The molecule has 0 aromatic carbocycles. The number of rotatable bonds is 4. The average Bonchev–Trinajstić information content (AvgIpc) is 3.19. The van der Waals surface area contributed by atoms with E-state index in [0.29, 0.717) is 12.3 Å². The first-order valence-electron chi connectivity index (χ1n) is 7.92. The molecular formula is C15H26N2O3. The van der Waals surface area contributed by atoms with Gasteiger partial charge >= 0.3 is 0 Å². The Morgan fingerprint density at radius 3 is 2.60 bits per heavy atom. The molecule has 1 N–H and O–H groups in total. The van der Waals surface area contributed by atoms with Crippen LogP contribution in [-0.4, -0.2) is 72.4 Å². The Bertz CT molecular complexity index is 353. The second-order valence-electron chi connectivity index (χ2n) is 6.50. The van der Waals surface area contributed by atoms with Gasteiger partial charge < -0.3 is 14.7 Å². The average molecular weight is 282 g/mol. The summed E-state index contributed by atoms with van der Waals surface area (Å²) < 4.78 is 5.37. The highest BCUT2D eigenvalue weighted by atomic mass is 16.5. The van der Waals surface area contributed by atoms with Crippen molar-refractivity contribution in [3.8, 4) is 0 Å². The molecule has 0 bridgehead atoms. The maximum Gasteiger partial charge on any atom is 0.222 e. The summed E-state index contributed by atoms with van der Waals surface area (Å²) in [5.74, 6) is 0.817. The van der Waals surface area contributed by atoms with Crippen molar-refractivity contribution in [2.75, 3.05) is 33.4 Å². The van der Waals surface area contributed by atoms with Crippen LogP contribution in [0.3, 0.4) is 0 Å². The van der Waals surface area contributed by atoms with E-state index < -0.39 is 6.10 Å². The Morgan fingerprint density at radius 2 is 1.95 bits per heavy atom. The van der Waals surface area contributed by atoms with Gasteiger partial charge in [0.05, 0.1) is 25.4 Å². The number of aliphatic hydroxyl groups excluding tert-OH is 1. The standard InChI is InChI=1S/C15H26N2O3/c1-16(14(18)10-11-2-3-11)12-4-5-13(15(12)19)17-6-8-20-9-7-17/h11-13,15,19H,2-10H2,1H3/t12-,13-,15-/m1/s1. The second kappa shape index (κ2) is 6.00. The van der Waals surface area contributed by atoms with Crippen LogP contribution in [0.2, 0.25) is 0 Å². The molecule has 0 aromatic rings. The van der Waals surface area contributed by atoms with Gasteiger partial charge in [-0.3, -0.25) is 9.69 Å². The van der Waals surface area contributed by atoms with Crippen LogP contribution in [0, 0.1) is 5.92 Å². The number of hydrogen-bond donors (Lipinski definition) is 1. The lowest BCUT2D eigenvalue weighted by atomic mass is 10.1. The van der Waals surface area contributed by atoms with E-state index in [1.165, 1.54) is 12.8 Å². The minimum Gasteiger partial charge on any atom is -0.389 e. The molecular weight excluding hydrogens is 256 g/mol. The molecule has 2 saturated carbocycles. The fraction of sp³-hybridized carbons (Fsp3) is 0.933. The molecule has 20 heavy (non-hydrogen) atoms. The molecule has 0 unspecified atom stereocenters. The quantitative estimate of drug-likeness (QED) is 0.814. The van der Waals surface area contributed by atoms with Crippen molar-refractivity contribution >= 4 is 5.91 Å². The van der Waals surface area contributed by atoms with Gasteiger partial charge in [-0.1, -0.05) is 0 Å². The summed E-state index contributed by atoms with van der Waals surface area (Å²) in [6, 6.07) is 0.189. The summed E-state index contributed by atoms with van der Waals surface area (Å²) >= 11 is 0. The van der Waals surface area contributed by atoms with E-state index in [-0.39, 0.29) is 18.0 Å². The summed E-state index contributed by atoms with van der Waals surface area (Å²) in [5, 5.41) is 10.6. The molecule has 2 aliphatic carbocycles. The van der Waals surface area contributed by atoms with Crippen LogP contribution in [0.4, 0.5) is 0 Å². The normalized spacial score (nSPS) is 35.2. The summed E-state index contributed by atoms with van der Waals surface area (Å²) in [6.45, 7) is 3.30. The fourth-order valence-electron chi connectivity index (χ4n) is 3.57. The highest BCUT2D eigenvalue weighted by Gasteiger charge is 2.42. The molecule has 3 rings (SSSR count). The lowest BCUT2D eigenvalue weighted by molar-refractivity contribution is -0.134. The highest BCUT2D eigenvalue weighted by Crippen LogP contribution is 2.34. The third-order valence-corrected chi connectivity index (χ3v) is 5.11. The smallest absolute Gasteiger partial charge is 0.222 e. The number of carbonyl (C=O) groups excluding carboxylic acids is 1. The minimum absolute atomic E-state index is 0.00547. The van der Waals surface area contributed by atoms with Crippen LogP contribution in [0.5, 0.6) is 0 Å². The molecule has 1 amide bonds. The van der Waals surface area contributed by atoms with Crippen LogP contribution in [0.1, 0.15) is 32.1 Å². The third-order valence-electron chi connectivity index (χ3n) is 5.11. The molecule has 5 nitrogen and oxygen atoms in total. The Kier molecular flexibility index (Phi) is 4.29. The summed E-state index contributed by atoms with van der Waals surface area (Å²) in [6.07, 6.45) is 4.54. The number of likely N-dealkylation sites (N-methyl/N-ethyl adjacent to an activating group) is 1. The Balaban J connectivity index is 1.56. The van der Waals surface area contributed by atoms with Crippen molar-refractivity contribution in [2.24, 2.45) is 5.92 Å². The van der Waals surface area contributed by atoms with E-state index >= 15 is 0 Å². The second-order valence-corrected chi connectivity index (χ2v) is 6.50. The largest absolute Gasteiger partial charge is 0.389 e. The number of morpholine rings is 1. The number of carbonyl (C=O) groups is 1. The first kappa shape index (κ1) is 14.3. The summed E-state index contributed by atoms with van der Waals surface area (Å²) in [7, 11) is 1.86. The maximum absolute atomic E-state index is 12.2. The minimum atomic E-state index is -0.416. The maximum atomic E-state index is 12.2. The van der Waals surface area contributed by atoms with Gasteiger partial charge in [-0.05, 0) is 31.6 Å². The predicted octanol–water partition coefficient (Wildman–Crippen LogP) is 0.469. The van der Waals surface area contributed by atoms with E-state index in [2.05, 4.69) is 4.90 Å². The van der Waals surface area contributed by atoms with E-state index in [1.807, 2.05) is 11.9 Å². The highest BCUT2D eigenvalue weighted by molar-refractivity contribution is 5.77. The van der Waals surface area contributed by atoms with Gasteiger partial charge in [-0.2, -0.15) is 0 Å². The van der Waals surface area contributed by atoms with Crippen molar-refractivity contribution in [2.45, 2.75) is 50.3 Å². The van der Waals surface area contributed by atoms with Crippen molar-refractivity contribution in [3.63, 3.8) is 0 Å². The zero-order chi connectivity index (χ0) is 14.1. The van der Waals surface area contributed by atoms with Gasteiger partial charge in [0, 0.05) is 32.6 Å². The van der Waals surface area contributed by atoms with Crippen molar-refractivity contribution in [1.29, 1.82) is 0 Å². The zero-order valence-corrected chi connectivity index (χ0v) is 12.3. The molecule has 1 aliphatic heterocycles. The van der Waals surface area contributed by atoms with Crippen molar-refractivity contribution in [1.82, 2.24) is 9.80 Å². The van der Waals surface area contributed by atoms with Crippen LogP contribution in [-0.2, 0) is 9.53 Å². The molecule has 0 aromatic heterocycles. The SMILES string of the molecule is CN(C(=O)CC1CC1)[C@@H]1CC[C@@H](N2CCOCC2)[C@@H]1O. The number of ether oxygens (including phenoxy) is 1. The lowest BCUT2D eigenvalue weighted by Crippen LogP contribution is -2.51. The van der Waals surface area contributed by atoms with E-state index in [0.717, 1.165) is 39.1 Å². The third kappa shape index (κ3) is 3.00. The van der Waals surface area contributed by atoms with E-state index in [4.69, 9.17) is 4.74 Å². The molecule has 1 heterocycles. The Hall–Kier alpha value is -0.650. The number of nitrogens with zero attached hydrogens (tertiary/aromatic N) is 2. The fourth-order valence-corrected chi connectivity index (χ4v) is 3.57. The van der Waals surface area contributed by atoms with E-state index in [1.54, 1.807) is 0 Å². The van der Waals surface area contributed by atoms with Gasteiger partial charge in [0.15, 0.2) is 0 Å². The predicted molar refractivity (Wildman–Crippen MR) is 75.3 cm³/mol. The number of amides is 1. The summed E-state index contributed by atoms with van der Waals surface area (Å²) in [4.78, 5) is 16.3. The van der Waals surface area contributed by atoms with Gasteiger partial charge in [0.25, 0.3) is 0 Å². The Morgan fingerprint density at radius 1 is 1.25 bits per heavy atom. The summed E-state index contributed by atoms with van der Waals surface area (Å²) in [5.41, 5.74) is 0. The topological polar surface area (TPSA) is 53.0 Å². The molecule has 3 fully saturated rings. The van der Waals surface area contributed by atoms with Crippen LogP contribution < -0.4 is 0 Å². The van der Waals surface area contributed by atoms with E-state index in [9.17, 15) is 9.90 Å². The number of aliphatic hydroxyl groups is 1.